The maximum atomic E-state index is 12.7. The lowest BCUT2D eigenvalue weighted by molar-refractivity contribution is 0.101. The van der Waals surface area contributed by atoms with E-state index in [0.717, 1.165) is 22.4 Å². The number of amides is 1. The highest BCUT2D eigenvalue weighted by Crippen LogP contribution is 2.24. The van der Waals surface area contributed by atoms with Crippen LogP contribution in [0.2, 0.25) is 0 Å². The van der Waals surface area contributed by atoms with Gasteiger partial charge in [0.25, 0.3) is 5.91 Å². The highest BCUT2D eigenvalue weighted by atomic mass is 16.2. The molecule has 28 heavy (non-hydrogen) atoms. The first-order chi connectivity index (χ1) is 13.4. The Morgan fingerprint density at radius 1 is 1.00 bits per heavy atom. The molecule has 0 spiro atoms. The van der Waals surface area contributed by atoms with Crippen LogP contribution >= 0.6 is 0 Å². The number of anilines is 1. The van der Waals surface area contributed by atoms with Gasteiger partial charge in [0.05, 0.1) is 11.0 Å². The molecule has 0 radical (unpaired) electrons. The van der Waals surface area contributed by atoms with Crippen molar-refractivity contribution in [1.82, 2.24) is 15.0 Å². The van der Waals surface area contributed by atoms with Crippen LogP contribution in [0.25, 0.3) is 22.4 Å². The number of H-pyrrole nitrogens is 2. The number of nitrogens with zero attached hydrogens (tertiary/aromatic N) is 1. The number of ketones is 1. The molecule has 2 aromatic heterocycles. The lowest BCUT2D eigenvalue weighted by atomic mass is 10.1. The van der Waals surface area contributed by atoms with Gasteiger partial charge in [-0.3, -0.25) is 9.59 Å². The number of hydrogen-bond acceptors (Lipinski definition) is 3. The Kier molecular flexibility index (Phi) is 4.31. The molecule has 0 atom stereocenters. The van der Waals surface area contributed by atoms with E-state index >= 15 is 0 Å². The zero-order valence-electron chi connectivity index (χ0n) is 15.9. The van der Waals surface area contributed by atoms with Gasteiger partial charge in [-0.25, -0.2) is 4.98 Å². The molecular formula is C22H20N4O2. The second kappa shape index (κ2) is 6.81. The molecule has 6 nitrogen and oxygen atoms in total. The SMILES string of the molecule is CC(=O)c1c(C)[nH]c(C(=O)Nc2cccc(-c3nc4ccccc4[nH]3)c2)c1C. The smallest absolute Gasteiger partial charge is 0.272 e. The Morgan fingerprint density at radius 2 is 1.79 bits per heavy atom. The van der Waals surface area contributed by atoms with E-state index in [-0.39, 0.29) is 11.7 Å². The zero-order valence-corrected chi connectivity index (χ0v) is 15.9. The number of carbonyl (C=O) groups is 2. The van der Waals surface area contributed by atoms with Crippen molar-refractivity contribution in [3.05, 3.63) is 71.0 Å². The van der Waals surface area contributed by atoms with Gasteiger partial charge < -0.3 is 15.3 Å². The fourth-order valence-corrected chi connectivity index (χ4v) is 3.53. The Labute approximate surface area is 162 Å². The first kappa shape index (κ1) is 17.7. The van der Waals surface area contributed by atoms with Crippen molar-refractivity contribution >= 4 is 28.4 Å². The number of Topliss-reactive ketones (excluding diaryl/α,β-unsaturated/α-hetero) is 1. The number of para-hydroxylation sites is 2. The predicted molar refractivity (Wildman–Crippen MR) is 110 cm³/mol. The molecule has 0 aliphatic heterocycles. The molecule has 3 N–H and O–H groups in total. The summed E-state index contributed by atoms with van der Waals surface area (Å²) >= 11 is 0. The molecule has 0 saturated heterocycles. The second-order valence-corrected chi connectivity index (χ2v) is 6.82. The monoisotopic (exact) mass is 372 g/mol. The summed E-state index contributed by atoms with van der Waals surface area (Å²) in [7, 11) is 0. The summed E-state index contributed by atoms with van der Waals surface area (Å²) in [5.41, 5.74) is 5.71. The minimum Gasteiger partial charge on any atom is -0.354 e. The highest BCUT2D eigenvalue weighted by Gasteiger charge is 2.20. The van der Waals surface area contributed by atoms with Crippen LogP contribution in [0.3, 0.4) is 0 Å². The topological polar surface area (TPSA) is 90.6 Å². The first-order valence-corrected chi connectivity index (χ1v) is 9.00. The van der Waals surface area contributed by atoms with E-state index in [1.807, 2.05) is 48.5 Å². The molecule has 4 aromatic rings. The molecule has 6 heteroatoms. The summed E-state index contributed by atoms with van der Waals surface area (Å²) in [5.74, 6) is 0.398. The Hall–Kier alpha value is -3.67. The summed E-state index contributed by atoms with van der Waals surface area (Å²) in [6, 6.07) is 15.3. The number of nitrogens with one attached hydrogen (secondary N) is 3. The molecule has 2 aromatic carbocycles. The Balaban J connectivity index is 1.63. The fourth-order valence-electron chi connectivity index (χ4n) is 3.53. The number of benzene rings is 2. The van der Waals surface area contributed by atoms with E-state index in [4.69, 9.17) is 0 Å². The van der Waals surface area contributed by atoms with Crippen molar-refractivity contribution in [2.75, 3.05) is 5.32 Å². The average Bonchev–Trinajstić information content (AvgIpc) is 3.22. The van der Waals surface area contributed by atoms with Gasteiger partial charge in [0, 0.05) is 22.5 Å². The van der Waals surface area contributed by atoms with Gasteiger partial charge >= 0.3 is 0 Å². The summed E-state index contributed by atoms with van der Waals surface area (Å²) < 4.78 is 0. The van der Waals surface area contributed by atoms with Gasteiger partial charge in [-0.15, -0.1) is 0 Å². The largest absolute Gasteiger partial charge is 0.354 e. The van der Waals surface area contributed by atoms with Crippen LogP contribution in [0.1, 0.15) is 39.0 Å². The normalized spacial score (nSPS) is 11.0. The summed E-state index contributed by atoms with van der Waals surface area (Å²) in [6.07, 6.45) is 0. The molecule has 0 aliphatic carbocycles. The summed E-state index contributed by atoms with van der Waals surface area (Å²) in [4.78, 5) is 35.4. The van der Waals surface area contributed by atoms with Gasteiger partial charge in [0.1, 0.15) is 11.5 Å². The lowest BCUT2D eigenvalue weighted by Crippen LogP contribution is -2.14. The number of hydrogen-bond donors (Lipinski definition) is 3. The van der Waals surface area contributed by atoms with Crippen molar-refractivity contribution in [3.8, 4) is 11.4 Å². The number of rotatable bonds is 4. The van der Waals surface area contributed by atoms with Gasteiger partial charge in [0.2, 0.25) is 0 Å². The minimum atomic E-state index is -0.283. The molecule has 140 valence electrons. The third-order valence-electron chi connectivity index (χ3n) is 4.80. The fraction of sp³-hybridized carbons (Fsp3) is 0.136. The second-order valence-electron chi connectivity index (χ2n) is 6.82. The van der Waals surface area contributed by atoms with Crippen molar-refractivity contribution in [2.24, 2.45) is 0 Å². The van der Waals surface area contributed by atoms with E-state index < -0.39 is 0 Å². The van der Waals surface area contributed by atoms with Crippen molar-refractivity contribution in [2.45, 2.75) is 20.8 Å². The molecule has 2 heterocycles. The highest BCUT2D eigenvalue weighted by molar-refractivity contribution is 6.07. The molecule has 1 amide bonds. The third-order valence-corrected chi connectivity index (χ3v) is 4.80. The van der Waals surface area contributed by atoms with Gasteiger partial charge in [-0.2, -0.15) is 0 Å². The molecule has 0 bridgehead atoms. The molecule has 0 saturated carbocycles. The third kappa shape index (κ3) is 3.09. The van der Waals surface area contributed by atoms with Crippen LogP contribution in [-0.2, 0) is 0 Å². The van der Waals surface area contributed by atoms with Crippen LogP contribution in [0, 0.1) is 13.8 Å². The standard InChI is InChI=1S/C22H20N4O2/c1-12-19(14(3)27)13(2)23-20(12)22(28)24-16-8-6-7-15(11-16)21-25-17-9-4-5-10-18(17)26-21/h4-11,23H,1-3H3,(H,24,28)(H,25,26). The maximum Gasteiger partial charge on any atom is 0.272 e. The number of fused-ring (bicyclic) bond motifs is 1. The van der Waals surface area contributed by atoms with Crippen LogP contribution in [0.4, 0.5) is 5.69 Å². The summed E-state index contributed by atoms with van der Waals surface area (Å²) in [5, 5.41) is 2.90. The van der Waals surface area contributed by atoms with Crippen LogP contribution in [0.15, 0.2) is 48.5 Å². The number of imidazole rings is 1. The number of aromatic amines is 2. The Morgan fingerprint density at radius 3 is 2.50 bits per heavy atom. The van der Waals surface area contributed by atoms with E-state index in [2.05, 4.69) is 20.3 Å². The molecule has 0 aliphatic rings. The minimum absolute atomic E-state index is 0.0582. The van der Waals surface area contributed by atoms with Gasteiger partial charge in [-0.05, 0) is 50.6 Å². The number of carbonyl (C=O) groups excluding carboxylic acids is 2. The number of aromatic nitrogens is 3. The van der Waals surface area contributed by atoms with Crippen LogP contribution < -0.4 is 5.32 Å². The number of aryl methyl sites for hydroxylation is 1. The van der Waals surface area contributed by atoms with Crippen molar-refractivity contribution < 1.29 is 9.59 Å². The van der Waals surface area contributed by atoms with E-state index in [0.29, 0.717) is 28.2 Å². The molecular weight excluding hydrogens is 352 g/mol. The maximum absolute atomic E-state index is 12.7. The van der Waals surface area contributed by atoms with E-state index in [1.165, 1.54) is 6.92 Å². The quantitative estimate of drug-likeness (QED) is 0.456. The summed E-state index contributed by atoms with van der Waals surface area (Å²) in [6.45, 7) is 5.07. The Bertz CT molecular complexity index is 1180. The van der Waals surface area contributed by atoms with Crippen LogP contribution in [-0.4, -0.2) is 26.6 Å². The molecule has 0 fully saturated rings. The van der Waals surface area contributed by atoms with Gasteiger partial charge in [0.15, 0.2) is 5.78 Å². The lowest BCUT2D eigenvalue weighted by Gasteiger charge is -2.06. The predicted octanol–water partition coefficient (Wildman–Crippen LogP) is 4.63. The van der Waals surface area contributed by atoms with Crippen molar-refractivity contribution in [1.29, 1.82) is 0 Å². The van der Waals surface area contributed by atoms with E-state index in [1.54, 1.807) is 13.8 Å². The van der Waals surface area contributed by atoms with Crippen LogP contribution in [0.5, 0.6) is 0 Å². The van der Waals surface area contributed by atoms with Gasteiger partial charge in [-0.1, -0.05) is 24.3 Å². The van der Waals surface area contributed by atoms with E-state index in [9.17, 15) is 9.59 Å². The molecule has 4 rings (SSSR count). The van der Waals surface area contributed by atoms with Crippen molar-refractivity contribution in [3.63, 3.8) is 0 Å². The average molecular weight is 372 g/mol. The first-order valence-electron chi connectivity index (χ1n) is 9.00. The zero-order chi connectivity index (χ0) is 19.8. The molecule has 0 unspecified atom stereocenters.